The van der Waals surface area contributed by atoms with Gasteiger partial charge >= 0.3 is 18.4 Å². The highest BCUT2D eigenvalue weighted by molar-refractivity contribution is 5.88. The number of alkyl halides is 6. The van der Waals surface area contributed by atoms with Crippen LogP contribution in [0.1, 0.15) is 47.6 Å². The van der Waals surface area contributed by atoms with Gasteiger partial charge in [0.1, 0.15) is 5.82 Å². The number of carbonyl (C=O) groups excluding carboxylic acids is 2. The molecule has 0 aromatic heterocycles. The highest BCUT2D eigenvalue weighted by atomic mass is 19.4. The lowest BCUT2D eigenvalue weighted by atomic mass is 9.80. The summed E-state index contributed by atoms with van der Waals surface area (Å²) in [6.07, 6.45) is -10.1. The molecule has 13 heteroatoms. The third-order valence-electron chi connectivity index (χ3n) is 8.13. The van der Waals surface area contributed by atoms with E-state index in [1.807, 2.05) is 0 Å². The van der Waals surface area contributed by atoms with Crippen molar-refractivity contribution in [2.24, 2.45) is 0 Å². The molecule has 0 radical (unpaired) electrons. The van der Waals surface area contributed by atoms with E-state index in [0.717, 1.165) is 0 Å². The Morgan fingerprint density at radius 3 is 1.93 bits per heavy atom. The number of amides is 3. The summed E-state index contributed by atoms with van der Waals surface area (Å²) in [5.74, 6) is -1.69. The lowest BCUT2D eigenvalue weighted by Gasteiger charge is -2.36. The number of urea groups is 1. The van der Waals surface area contributed by atoms with E-state index in [2.05, 4.69) is 0 Å². The van der Waals surface area contributed by atoms with Gasteiger partial charge in [0.25, 0.3) is 0 Å². The molecule has 2 saturated heterocycles. The maximum atomic E-state index is 13.9. The van der Waals surface area contributed by atoms with Crippen molar-refractivity contribution < 1.29 is 45.1 Å². The number of likely N-dealkylation sites (tertiary alicyclic amines) is 1. The van der Waals surface area contributed by atoms with Gasteiger partial charge in [0.05, 0.1) is 35.8 Å². The highest BCUT2D eigenvalue weighted by Gasteiger charge is 2.46. The monoisotopic (exact) mass is 603 g/mol. The van der Waals surface area contributed by atoms with E-state index in [0.29, 0.717) is 49.6 Å². The van der Waals surface area contributed by atoms with Gasteiger partial charge in [0.15, 0.2) is 0 Å². The van der Waals surface area contributed by atoms with Crippen molar-refractivity contribution >= 4 is 11.9 Å². The fraction of sp³-hybridized carbons (Fsp3) is 0.517. The number of ether oxygens (including phenoxy) is 1. The molecule has 4 rings (SSSR count). The summed E-state index contributed by atoms with van der Waals surface area (Å²) in [5.41, 5.74) is -4.03. The third kappa shape index (κ3) is 6.35. The second-order valence-corrected chi connectivity index (χ2v) is 11.3. The molecule has 2 aromatic rings. The zero-order valence-electron chi connectivity index (χ0n) is 23.6. The summed E-state index contributed by atoms with van der Waals surface area (Å²) in [6, 6.07) is 4.32. The minimum absolute atomic E-state index is 0.0210. The van der Waals surface area contributed by atoms with Gasteiger partial charge in [-0.1, -0.05) is 6.07 Å². The van der Waals surface area contributed by atoms with Gasteiger partial charge in [0, 0.05) is 39.1 Å². The van der Waals surface area contributed by atoms with Crippen molar-refractivity contribution in [2.45, 2.75) is 50.5 Å². The van der Waals surface area contributed by atoms with Gasteiger partial charge in [-0.05, 0) is 67.8 Å². The molecule has 0 saturated carbocycles. The normalized spacial score (nSPS) is 20.2. The fourth-order valence-corrected chi connectivity index (χ4v) is 5.68. The number of halogens is 7. The van der Waals surface area contributed by atoms with Crippen LogP contribution in [0.4, 0.5) is 35.5 Å². The van der Waals surface area contributed by atoms with E-state index in [9.17, 15) is 40.3 Å². The summed E-state index contributed by atoms with van der Waals surface area (Å²) in [4.78, 5) is 31.8. The van der Waals surface area contributed by atoms with E-state index in [1.165, 1.54) is 37.9 Å². The van der Waals surface area contributed by atoms with Crippen LogP contribution in [0.25, 0.3) is 0 Å². The highest BCUT2D eigenvalue weighted by Crippen LogP contribution is 2.41. The minimum Gasteiger partial charge on any atom is -0.378 e. The quantitative estimate of drug-likeness (QED) is 0.414. The number of carbonyl (C=O) groups is 2. The summed E-state index contributed by atoms with van der Waals surface area (Å²) >= 11 is 0. The molecule has 2 aliphatic rings. The second kappa shape index (κ2) is 11.4. The SMILES string of the molecule is Cc1cc(F)ccc1[C@@H]1CN(C(=O)N2CCOCC2)C[C@H]1N(C)C(=O)C(C)(C)c1cc(C(F)(F)F)cc(C(F)(F)F)c1. The van der Waals surface area contributed by atoms with E-state index < -0.39 is 58.1 Å². The molecule has 2 aliphatic heterocycles. The van der Waals surface area contributed by atoms with E-state index >= 15 is 0 Å². The van der Waals surface area contributed by atoms with Crippen LogP contribution in [0.2, 0.25) is 0 Å². The second-order valence-electron chi connectivity index (χ2n) is 11.3. The molecule has 0 spiro atoms. The third-order valence-corrected chi connectivity index (χ3v) is 8.13. The largest absolute Gasteiger partial charge is 0.416 e. The Balaban J connectivity index is 1.71. The molecule has 0 aliphatic carbocycles. The van der Waals surface area contributed by atoms with Crippen LogP contribution in [0.15, 0.2) is 36.4 Å². The van der Waals surface area contributed by atoms with Gasteiger partial charge in [-0.2, -0.15) is 26.3 Å². The fourth-order valence-electron chi connectivity index (χ4n) is 5.68. The van der Waals surface area contributed by atoms with Crippen molar-refractivity contribution in [3.63, 3.8) is 0 Å². The summed E-state index contributed by atoms with van der Waals surface area (Å²) in [5, 5.41) is 0. The maximum Gasteiger partial charge on any atom is 0.416 e. The Bertz CT molecular complexity index is 1300. The lowest BCUT2D eigenvalue weighted by Crippen LogP contribution is -2.50. The number of rotatable bonds is 4. The van der Waals surface area contributed by atoms with Crippen molar-refractivity contribution in [3.8, 4) is 0 Å². The Labute approximate surface area is 239 Å². The Morgan fingerprint density at radius 1 is 0.857 bits per heavy atom. The Morgan fingerprint density at radius 2 is 1.40 bits per heavy atom. The number of aryl methyl sites for hydroxylation is 1. The molecule has 0 N–H and O–H groups in total. The van der Waals surface area contributed by atoms with Crippen LogP contribution in [-0.2, 0) is 27.3 Å². The molecule has 230 valence electrons. The topological polar surface area (TPSA) is 53.1 Å². The van der Waals surface area contributed by atoms with E-state index in [1.54, 1.807) is 22.8 Å². The smallest absolute Gasteiger partial charge is 0.378 e. The number of benzene rings is 2. The van der Waals surface area contributed by atoms with Crippen LogP contribution in [-0.4, -0.2) is 79.1 Å². The number of hydrogen-bond donors (Lipinski definition) is 0. The van der Waals surface area contributed by atoms with Crippen molar-refractivity contribution in [1.29, 1.82) is 0 Å². The van der Waals surface area contributed by atoms with Crippen LogP contribution in [0, 0.1) is 12.7 Å². The average Bonchev–Trinajstić information content (AvgIpc) is 3.36. The first-order valence-corrected chi connectivity index (χ1v) is 13.4. The molecule has 2 atom stereocenters. The van der Waals surface area contributed by atoms with Crippen molar-refractivity contribution in [3.05, 3.63) is 70.0 Å². The molecule has 0 unspecified atom stereocenters. The molecule has 42 heavy (non-hydrogen) atoms. The van der Waals surface area contributed by atoms with Crippen LogP contribution < -0.4 is 0 Å². The number of morpholine rings is 1. The predicted octanol–water partition coefficient (Wildman–Crippen LogP) is 5.83. The standard InChI is InChI=1S/C29H32F7N3O3/c1-17-11-21(30)5-6-22(17)23-15-39(26(41)38-7-9-42-10-8-38)16-24(23)37(4)25(40)27(2,3)18-12-19(28(31,32)33)14-20(13-18)29(34,35)36/h5-6,11-14,23-24H,7-10,15-16H2,1-4H3/t23-,24+/m0/s1. The van der Waals surface area contributed by atoms with E-state index in [-0.39, 0.29) is 25.2 Å². The molecule has 0 bridgehead atoms. The maximum absolute atomic E-state index is 13.9. The molecule has 2 heterocycles. The summed E-state index contributed by atoms with van der Waals surface area (Å²) < 4.78 is 101. The lowest BCUT2D eigenvalue weighted by molar-refractivity contribution is -0.144. The molecule has 3 amide bonds. The number of nitrogens with zero attached hydrogens (tertiary/aromatic N) is 3. The predicted molar refractivity (Wildman–Crippen MR) is 139 cm³/mol. The van der Waals surface area contributed by atoms with Gasteiger partial charge in [-0.25, -0.2) is 9.18 Å². The zero-order chi connectivity index (χ0) is 31.2. The van der Waals surface area contributed by atoms with Gasteiger partial charge in [-0.15, -0.1) is 0 Å². The Kier molecular flexibility index (Phi) is 8.56. The van der Waals surface area contributed by atoms with E-state index in [4.69, 9.17) is 4.74 Å². The first kappa shape index (κ1) is 31.6. The molecule has 6 nitrogen and oxygen atoms in total. The van der Waals surface area contributed by atoms with Crippen LogP contribution >= 0.6 is 0 Å². The number of hydrogen-bond acceptors (Lipinski definition) is 3. The molecular formula is C29H32F7N3O3. The first-order chi connectivity index (χ1) is 19.4. The minimum atomic E-state index is -5.07. The Hall–Kier alpha value is -3.35. The van der Waals surface area contributed by atoms with Gasteiger partial charge in [0.2, 0.25) is 5.91 Å². The summed E-state index contributed by atoms with van der Waals surface area (Å²) in [6.45, 7) is 5.95. The van der Waals surface area contributed by atoms with Crippen molar-refractivity contribution in [1.82, 2.24) is 14.7 Å². The zero-order valence-corrected chi connectivity index (χ0v) is 23.6. The number of likely N-dealkylation sites (N-methyl/N-ethyl adjacent to an activating group) is 1. The summed E-state index contributed by atoms with van der Waals surface area (Å²) in [7, 11) is 1.42. The molecular weight excluding hydrogens is 571 g/mol. The molecule has 2 aromatic carbocycles. The molecule has 2 fully saturated rings. The van der Waals surface area contributed by atoms with Gasteiger partial charge < -0.3 is 19.4 Å². The average molecular weight is 604 g/mol. The van der Waals surface area contributed by atoms with Crippen molar-refractivity contribution in [2.75, 3.05) is 46.4 Å². The van der Waals surface area contributed by atoms with Crippen LogP contribution in [0.5, 0.6) is 0 Å². The first-order valence-electron chi connectivity index (χ1n) is 13.4. The van der Waals surface area contributed by atoms with Crippen LogP contribution in [0.3, 0.4) is 0 Å². The van der Waals surface area contributed by atoms with Gasteiger partial charge in [-0.3, -0.25) is 4.79 Å².